The van der Waals surface area contributed by atoms with Crippen molar-refractivity contribution in [2.45, 2.75) is 37.8 Å². The molecule has 1 aromatic heterocycles. The number of amides is 1. The van der Waals surface area contributed by atoms with Gasteiger partial charge in [-0.1, -0.05) is 0 Å². The maximum Gasteiger partial charge on any atom is 0.254 e. The molecule has 0 atom stereocenters. The maximum absolute atomic E-state index is 12.1. The molecule has 1 saturated carbocycles. The number of likely N-dealkylation sites (N-methyl/N-ethyl adjacent to an activating group) is 1. The summed E-state index contributed by atoms with van der Waals surface area (Å²) in [5.74, 6) is 0.497. The zero-order valence-electron chi connectivity index (χ0n) is 9.78. The number of aliphatic hydroxyl groups is 1. The van der Waals surface area contributed by atoms with Crippen LogP contribution in [-0.4, -0.2) is 28.6 Å². The van der Waals surface area contributed by atoms with Crippen LogP contribution >= 0.6 is 15.9 Å². The Hall–Kier alpha value is -0.810. The largest absolute Gasteiger partial charge is 0.452 e. The van der Waals surface area contributed by atoms with Crippen molar-refractivity contribution in [3.63, 3.8) is 0 Å². The predicted octanol–water partition coefficient (Wildman–Crippen LogP) is 2.31. The van der Waals surface area contributed by atoms with E-state index in [9.17, 15) is 9.90 Å². The minimum atomic E-state index is -1.15. The first-order valence-corrected chi connectivity index (χ1v) is 6.53. The van der Waals surface area contributed by atoms with Gasteiger partial charge in [0, 0.05) is 7.05 Å². The topological polar surface area (TPSA) is 53.7 Å². The normalized spacial score (nSPS) is 18.3. The minimum absolute atomic E-state index is 0.206. The summed E-state index contributed by atoms with van der Waals surface area (Å²) in [5, 5.41) is 10.2. The molecule has 0 aliphatic heterocycles. The van der Waals surface area contributed by atoms with Crippen LogP contribution in [0.4, 0.5) is 0 Å². The molecule has 1 N–H and O–H groups in total. The quantitative estimate of drug-likeness (QED) is 0.932. The van der Waals surface area contributed by atoms with Crippen LogP contribution in [0.1, 0.15) is 31.4 Å². The van der Waals surface area contributed by atoms with Crippen molar-refractivity contribution in [3.8, 4) is 0 Å². The van der Waals surface area contributed by atoms with E-state index in [0.29, 0.717) is 29.8 Å². The first-order chi connectivity index (χ1) is 8.01. The average molecular weight is 302 g/mol. The highest BCUT2D eigenvalue weighted by Gasteiger charge is 2.40. The van der Waals surface area contributed by atoms with E-state index < -0.39 is 5.60 Å². The van der Waals surface area contributed by atoms with Crippen LogP contribution in [0.15, 0.2) is 21.2 Å². The lowest BCUT2D eigenvalue weighted by molar-refractivity contribution is -0.150. The lowest BCUT2D eigenvalue weighted by Crippen LogP contribution is -2.45. The smallest absolute Gasteiger partial charge is 0.254 e. The van der Waals surface area contributed by atoms with Crippen LogP contribution in [0.5, 0.6) is 0 Å². The van der Waals surface area contributed by atoms with Crippen molar-refractivity contribution in [2.24, 2.45) is 0 Å². The van der Waals surface area contributed by atoms with Gasteiger partial charge in [-0.05, 0) is 53.7 Å². The lowest BCUT2D eigenvalue weighted by atomic mass is 10.0. The van der Waals surface area contributed by atoms with Gasteiger partial charge in [-0.2, -0.15) is 0 Å². The first-order valence-electron chi connectivity index (χ1n) is 5.73. The third-order valence-electron chi connectivity index (χ3n) is 3.20. The van der Waals surface area contributed by atoms with Gasteiger partial charge in [0.15, 0.2) is 4.67 Å². The molecule has 4 nitrogen and oxygen atoms in total. The van der Waals surface area contributed by atoms with Gasteiger partial charge in [-0.3, -0.25) is 4.79 Å². The number of carbonyl (C=O) groups excluding carboxylic acids is 1. The monoisotopic (exact) mass is 301 g/mol. The number of hydrogen-bond acceptors (Lipinski definition) is 3. The summed E-state index contributed by atoms with van der Waals surface area (Å²) in [6.45, 7) is 0.382. The molecule has 1 aromatic rings. The Bertz CT molecular complexity index is 410. The molecular weight excluding hydrogens is 286 g/mol. The molecule has 1 heterocycles. The summed E-state index contributed by atoms with van der Waals surface area (Å²) in [5.41, 5.74) is -1.15. The van der Waals surface area contributed by atoms with Crippen LogP contribution < -0.4 is 0 Å². The molecule has 1 aliphatic carbocycles. The fraction of sp³-hybridized carbons (Fsp3) is 0.583. The van der Waals surface area contributed by atoms with Gasteiger partial charge in [0.25, 0.3) is 5.91 Å². The zero-order valence-corrected chi connectivity index (χ0v) is 11.4. The summed E-state index contributed by atoms with van der Waals surface area (Å²) in [7, 11) is 1.69. The second-order valence-corrected chi connectivity index (χ2v) is 5.39. The summed E-state index contributed by atoms with van der Waals surface area (Å²) >= 11 is 3.22. The molecule has 0 unspecified atom stereocenters. The van der Waals surface area contributed by atoms with E-state index in [-0.39, 0.29) is 5.91 Å². The van der Waals surface area contributed by atoms with Crippen molar-refractivity contribution in [1.29, 1.82) is 0 Å². The van der Waals surface area contributed by atoms with E-state index in [1.165, 1.54) is 4.90 Å². The van der Waals surface area contributed by atoms with Gasteiger partial charge in [0.1, 0.15) is 11.4 Å². The van der Waals surface area contributed by atoms with Gasteiger partial charge >= 0.3 is 0 Å². The van der Waals surface area contributed by atoms with Crippen molar-refractivity contribution in [1.82, 2.24) is 4.90 Å². The highest BCUT2D eigenvalue weighted by molar-refractivity contribution is 9.10. The SMILES string of the molecule is CN(Cc1ccc(Br)o1)C(=O)C1(O)CCCC1. The molecule has 1 amide bonds. The van der Waals surface area contributed by atoms with Gasteiger partial charge in [-0.25, -0.2) is 0 Å². The Morgan fingerprint density at radius 3 is 2.71 bits per heavy atom. The van der Waals surface area contributed by atoms with Crippen LogP contribution in [-0.2, 0) is 11.3 Å². The number of nitrogens with zero attached hydrogens (tertiary/aromatic N) is 1. The molecule has 2 rings (SSSR count). The number of rotatable bonds is 3. The molecule has 0 radical (unpaired) electrons. The molecule has 1 fully saturated rings. The molecule has 0 saturated heterocycles. The highest BCUT2D eigenvalue weighted by atomic mass is 79.9. The van der Waals surface area contributed by atoms with E-state index in [0.717, 1.165) is 12.8 Å². The Labute approximate surface area is 109 Å². The standard InChI is InChI=1S/C12H16BrNO3/c1-14(8-9-4-5-10(13)17-9)11(15)12(16)6-2-3-7-12/h4-5,16H,2-3,6-8H2,1H3. The molecule has 17 heavy (non-hydrogen) atoms. The molecule has 0 aromatic carbocycles. The zero-order chi connectivity index (χ0) is 12.5. The van der Waals surface area contributed by atoms with E-state index in [1.54, 1.807) is 13.1 Å². The Kier molecular flexibility index (Phi) is 3.58. The summed E-state index contributed by atoms with van der Waals surface area (Å²) in [6.07, 6.45) is 2.97. The van der Waals surface area contributed by atoms with Crippen molar-refractivity contribution < 1.29 is 14.3 Å². The van der Waals surface area contributed by atoms with Crippen molar-refractivity contribution >= 4 is 21.8 Å². The van der Waals surface area contributed by atoms with Gasteiger partial charge in [0.05, 0.1) is 6.54 Å². The summed E-state index contributed by atoms with van der Waals surface area (Å²) < 4.78 is 5.99. The first kappa shape index (κ1) is 12.6. The summed E-state index contributed by atoms with van der Waals surface area (Å²) in [6, 6.07) is 3.60. The van der Waals surface area contributed by atoms with Crippen molar-refractivity contribution in [2.75, 3.05) is 7.05 Å². The number of carbonyl (C=O) groups is 1. The van der Waals surface area contributed by atoms with Crippen molar-refractivity contribution in [3.05, 3.63) is 22.6 Å². The van der Waals surface area contributed by atoms with E-state index in [2.05, 4.69) is 15.9 Å². The molecular formula is C12H16BrNO3. The van der Waals surface area contributed by atoms with Gasteiger partial charge in [-0.15, -0.1) is 0 Å². The van der Waals surface area contributed by atoms with Gasteiger partial charge in [0.2, 0.25) is 0 Å². The fourth-order valence-corrected chi connectivity index (χ4v) is 2.61. The minimum Gasteiger partial charge on any atom is -0.452 e. The predicted molar refractivity (Wildman–Crippen MR) is 66.3 cm³/mol. The molecule has 0 bridgehead atoms. The van der Waals surface area contributed by atoms with E-state index in [1.807, 2.05) is 6.07 Å². The maximum atomic E-state index is 12.1. The Morgan fingerprint density at radius 1 is 1.53 bits per heavy atom. The molecule has 94 valence electrons. The highest BCUT2D eigenvalue weighted by Crippen LogP contribution is 2.31. The Morgan fingerprint density at radius 2 is 2.18 bits per heavy atom. The molecule has 1 aliphatic rings. The second kappa shape index (κ2) is 4.82. The van der Waals surface area contributed by atoms with E-state index >= 15 is 0 Å². The van der Waals surface area contributed by atoms with Crippen LogP contribution in [0, 0.1) is 0 Å². The number of halogens is 1. The third kappa shape index (κ3) is 2.72. The Balaban J connectivity index is 2.00. The average Bonchev–Trinajstić information content (AvgIpc) is 2.88. The lowest BCUT2D eigenvalue weighted by Gasteiger charge is -2.27. The summed E-state index contributed by atoms with van der Waals surface area (Å²) in [4.78, 5) is 13.6. The second-order valence-electron chi connectivity index (χ2n) is 4.61. The van der Waals surface area contributed by atoms with Crippen LogP contribution in [0.25, 0.3) is 0 Å². The van der Waals surface area contributed by atoms with Gasteiger partial charge < -0.3 is 14.4 Å². The number of hydrogen-bond donors (Lipinski definition) is 1. The van der Waals surface area contributed by atoms with E-state index in [4.69, 9.17) is 4.42 Å². The van der Waals surface area contributed by atoms with Crippen LogP contribution in [0.3, 0.4) is 0 Å². The molecule has 0 spiro atoms. The number of furan rings is 1. The molecule has 5 heteroatoms. The third-order valence-corrected chi connectivity index (χ3v) is 3.62. The van der Waals surface area contributed by atoms with Crippen LogP contribution in [0.2, 0.25) is 0 Å². The fourth-order valence-electron chi connectivity index (χ4n) is 2.27.